The molecule has 2 aromatic carbocycles. The average Bonchev–Trinajstić information content (AvgIpc) is 3.26. The van der Waals surface area contributed by atoms with Crippen LogP contribution in [0.5, 0.6) is 11.5 Å². The number of para-hydroxylation sites is 1. The Balaban J connectivity index is 1.55. The molecule has 1 saturated heterocycles. The van der Waals surface area contributed by atoms with Crippen LogP contribution in [0.25, 0.3) is 0 Å². The Labute approximate surface area is 218 Å². The third kappa shape index (κ3) is 6.12. The lowest BCUT2D eigenvalue weighted by Crippen LogP contribution is -2.21. The number of nitrogens with one attached hydrogen (secondary N) is 3. The van der Waals surface area contributed by atoms with E-state index < -0.39 is 10.0 Å². The number of rotatable bonds is 9. The van der Waals surface area contributed by atoms with Crippen molar-refractivity contribution in [1.82, 2.24) is 19.6 Å². The Morgan fingerprint density at radius 1 is 1.14 bits per heavy atom. The predicted molar refractivity (Wildman–Crippen MR) is 144 cm³/mol. The third-order valence-electron chi connectivity index (χ3n) is 5.51. The van der Waals surface area contributed by atoms with E-state index in [9.17, 15) is 8.42 Å². The summed E-state index contributed by atoms with van der Waals surface area (Å²) in [6.45, 7) is 1.92. The first-order valence-corrected chi connectivity index (χ1v) is 13.5. The van der Waals surface area contributed by atoms with Crippen molar-refractivity contribution in [2.45, 2.75) is 17.4 Å². The van der Waals surface area contributed by atoms with Crippen LogP contribution in [-0.2, 0) is 10.0 Å². The molecule has 1 aliphatic heterocycles. The van der Waals surface area contributed by atoms with E-state index in [1.165, 1.54) is 13.1 Å². The highest BCUT2D eigenvalue weighted by Gasteiger charge is 2.22. The van der Waals surface area contributed by atoms with E-state index in [4.69, 9.17) is 9.47 Å². The first kappa shape index (κ1) is 25.4. The fourth-order valence-corrected chi connectivity index (χ4v) is 4.99. The minimum absolute atomic E-state index is 0.122. The normalized spacial score (nSPS) is 16.2. The number of aromatic nitrogens is 2. The molecule has 4 rings (SSSR count). The standard InChI is InChI=1S/C23H27IN6O4S/c1-25-35(31,32)21-7-5-4-6-19(21)27-22-17(24)13-26-23(29-22)28-18-9-8-15(12-20(18)33-3)34-16-10-11-30(2)14-16/h4-9,12-13,16,25H,10-11,14H2,1-3H3,(H2,26,27,28,29)/t16-/m1/s1. The van der Waals surface area contributed by atoms with Gasteiger partial charge in [-0.1, -0.05) is 12.1 Å². The highest BCUT2D eigenvalue weighted by molar-refractivity contribution is 14.1. The number of benzene rings is 2. The van der Waals surface area contributed by atoms with Gasteiger partial charge in [0, 0.05) is 25.4 Å². The van der Waals surface area contributed by atoms with Crippen LogP contribution in [0.3, 0.4) is 0 Å². The van der Waals surface area contributed by atoms with Crippen molar-refractivity contribution in [3.63, 3.8) is 0 Å². The van der Waals surface area contributed by atoms with Crippen LogP contribution in [0.2, 0.25) is 0 Å². The van der Waals surface area contributed by atoms with E-state index in [2.05, 4.69) is 59.9 Å². The molecule has 0 saturated carbocycles. The van der Waals surface area contributed by atoms with E-state index in [1.807, 2.05) is 18.2 Å². The van der Waals surface area contributed by atoms with Crippen LogP contribution in [0, 0.1) is 3.57 Å². The smallest absolute Gasteiger partial charge is 0.242 e. The maximum atomic E-state index is 12.4. The van der Waals surface area contributed by atoms with Crippen molar-refractivity contribution < 1.29 is 17.9 Å². The second-order valence-electron chi connectivity index (χ2n) is 8.00. The fourth-order valence-electron chi connectivity index (χ4n) is 3.71. The Bertz CT molecular complexity index is 1310. The molecule has 0 radical (unpaired) electrons. The molecule has 3 aromatic rings. The number of anilines is 4. The summed E-state index contributed by atoms with van der Waals surface area (Å²) >= 11 is 2.09. The van der Waals surface area contributed by atoms with E-state index in [0.29, 0.717) is 28.9 Å². The van der Waals surface area contributed by atoms with Crippen molar-refractivity contribution in [1.29, 1.82) is 0 Å². The van der Waals surface area contributed by atoms with Gasteiger partial charge in [0.2, 0.25) is 16.0 Å². The Morgan fingerprint density at radius 3 is 2.66 bits per heavy atom. The number of ether oxygens (including phenoxy) is 2. The molecule has 12 heteroatoms. The molecule has 1 atom stereocenters. The highest BCUT2D eigenvalue weighted by Crippen LogP contribution is 2.33. The van der Waals surface area contributed by atoms with Crippen LogP contribution in [0.1, 0.15) is 6.42 Å². The zero-order chi connectivity index (χ0) is 25.0. The summed E-state index contributed by atoms with van der Waals surface area (Å²) in [5.41, 5.74) is 1.08. The zero-order valence-corrected chi connectivity index (χ0v) is 22.6. The van der Waals surface area contributed by atoms with Gasteiger partial charge in [-0.2, -0.15) is 4.98 Å². The van der Waals surface area contributed by atoms with Gasteiger partial charge in [0.15, 0.2) is 0 Å². The SMILES string of the molecule is CNS(=O)(=O)c1ccccc1Nc1nc(Nc2ccc(O[C@@H]3CCN(C)C3)cc2OC)ncc1I. The van der Waals surface area contributed by atoms with Gasteiger partial charge in [-0.05, 0) is 67.4 Å². The summed E-state index contributed by atoms with van der Waals surface area (Å²) in [6.07, 6.45) is 2.80. The summed E-state index contributed by atoms with van der Waals surface area (Å²) in [5.74, 6) is 2.12. The Morgan fingerprint density at radius 2 is 1.94 bits per heavy atom. The van der Waals surface area contributed by atoms with Gasteiger partial charge >= 0.3 is 0 Å². The summed E-state index contributed by atoms with van der Waals surface area (Å²) in [5, 5.41) is 6.29. The Kier molecular flexibility index (Phi) is 7.94. The molecule has 1 fully saturated rings. The van der Waals surface area contributed by atoms with Gasteiger partial charge < -0.3 is 25.0 Å². The topological polar surface area (TPSA) is 118 Å². The van der Waals surface area contributed by atoms with E-state index >= 15 is 0 Å². The molecule has 0 bridgehead atoms. The van der Waals surface area contributed by atoms with Gasteiger partial charge in [-0.3, -0.25) is 0 Å². The summed E-state index contributed by atoms with van der Waals surface area (Å²) in [7, 11) is 1.40. The molecule has 0 aliphatic carbocycles. The minimum Gasteiger partial charge on any atom is -0.494 e. The largest absolute Gasteiger partial charge is 0.494 e. The summed E-state index contributed by atoms with van der Waals surface area (Å²) in [6, 6.07) is 12.2. The second-order valence-corrected chi connectivity index (χ2v) is 11.0. The van der Waals surface area contributed by atoms with E-state index in [0.717, 1.165) is 28.8 Å². The first-order chi connectivity index (χ1) is 16.8. The number of likely N-dealkylation sites (N-methyl/N-ethyl adjacent to an activating group) is 1. The monoisotopic (exact) mass is 610 g/mol. The van der Waals surface area contributed by atoms with Crippen molar-refractivity contribution in [3.05, 3.63) is 52.2 Å². The van der Waals surface area contributed by atoms with Gasteiger partial charge in [0.1, 0.15) is 28.3 Å². The molecule has 0 spiro atoms. The number of hydrogen-bond acceptors (Lipinski definition) is 9. The van der Waals surface area contributed by atoms with Crippen molar-refractivity contribution in [3.8, 4) is 11.5 Å². The maximum Gasteiger partial charge on any atom is 0.242 e. The lowest BCUT2D eigenvalue weighted by Gasteiger charge is -2.17. The summed E-state index contributed by atoms with van der Waals surface area (Å²) in [4.78, 5) is 11.3. The Hall–Kier alpha value is -2.68. The summed E-state index contributed by atoms with van der Waals surface area (Å²) < 4.78 is 39.5. The first-order valence-electron chi connectivity index (χ1n) is 10.9. The molecule has 10 nitrogen and oxygen atoms in total. The molecular weight excluding hydrogens is 583 g/mol. The quantitative estimate of drug-likeness (QED) is 0.313. The molecule has 35 heavy (non-hydrogen) atoms. The molecule has 3 N–H and O–H groups in total. The maximum absolute atomic E-state index is 12.4. The number of hydrogen-bond donors (Lipinski definition) is 3. The molecule has 186 valence electrons. The van der Waals surface area contributed by atoms with Crippen LogP contribution in [0.4, 0.5) is 23.1 Å². The molecule has 1 aromatic heterocycles. The molecular formula is C23H27IN6O4S. The van der Waals surface area contributed by atoms with E-state index in [-0.39, 0.29) is 11.0 Å². The average molecular weight is 610 g/mol. The van der Waals surface area contributed by atoms with Gasteiger partial charge in [-0.25, -0.2) is 18.1 Å². The number of halogens is 1. The van der Waals surface area contributed by atoms with Gasteiger partial charge in [0.05, 0.1) is 22.1 Å². The number of sulfonamides is 1. The third-order valence-corrected chi connectivity index (χ3v) is 7.77. The van der Waals surface area contributed by atoms with Crippen LogP contribution in [-0.4, -0.2) is 63.7 Å². The lowest BCUT2D eigenvalue weighted by atomic mass is 10.2. The molecule has 0 amide bonds. The minimum atomic E-state index is -3.65. The molecule has 2 heterocycles. The lowest BCUT2D eigenvalue weighted by molar-refractivity contribution is 0.207. The number of likely N-dealkylation sites (tertiary alicyclic amines) is 1. The van der Waals surface area contributed by atoms with E-state index in [1.54, 1.807) is 31.5 Å². The molecule has 0 unspecified atom stereocenters. The van der Waals surface area contributed by atoms with Crippen molar-refractivity contribution in [2.75, 3.05) is 44.9 Å². The highest BCUT2D eigenvalue weighted by atomic mass is 127. The second kappa shape index (κ2) is 10.9. The van der Waals surface area contributed by atoms with Crippen LogP contribution < -0.4 is 24.8 Å². The van der Waals surface area contributed by atoms with Crippen LogP contribution in [0.15, 0.2) is 53.6 Å². The fraction of sp³-hybridized carbons (Fsp3) is 0.304. The van der Waals surface area contributed by atoms with Crippen molar-refractivity contribution in [2.24, 2.45) is 0 Å². The number of methoxy groups -OCH3 is 1. The zero-order valence-electron chi connectivity index (χ0n) is 19.6. The molecule has 1 aliphatic rings. The van der Waals surface area contributed by atoms with Gasteiger partial charge in [0.25, 0.3) is 0 Å². The number of nitrogens with zero attached hydrogens (tertiary/aromatic N) is 3. The van der Waals surface area contributed by atoms with Gasteiger partial charge in [-0.15, -0.1) is 0 Å². The van der Waals surface area contributed by atoms with Crippen molar-refractivity contribution >= 4 is 55.8 Å². The van der Waals surface area contributed by atoms with Crippen LogP contribution >= 0.6 is 22.6 Å². The predicted octanol–water partition coefficient (Wildman–Crippen LogP) is 3.57.